The van der Waals surface area contributed by atoms with Gasteiger partial charge in [0, 0.05) is 23.8 Å². The summed E-state index contributed by atoms with van der Waals surface area (Å²) in [5.41, 5.74) is -3.78. The van der Waals surface area contributed by atoms with Crippen molar-refractivity contribution >= 4 is 17.8 Å². The van der Waals surface area contributed by atoms with Gasteiger partial charge in [0.2, 0.25) is 0 Å². The summed E-state index contributed by atoms with van der Waals surface area (Å²) in [7, 11) is 0. The van der Waals surface area contributed by atoms with E-state index in [-0.39, 0.29) is 24.8 Å². The van der Waals surface area contributed by atoms with Crippen LogP contribution in [0.5, 0.6) is 0 Å². The van der Waals surface area contributed by atoms with Crippen LogP contribution in [0, 0.1) is 13.8 Å². The number of benzene rings is 1. The molecule has 0 fully saturated rings. The van der Waals surface area contributed by atoms with E-state index >= 15 is 0 Å². The van der Waals surface area contributed by atoms with Crippen LogP contribution in [0.3, 0.4) is 0 Å². The molecule has 1 aromatic carbocycles. The molecule has 2 unspecified atom stereocenters. The molecule has 0 radical (unpaired) electrons. The molecule has 2 aromatic heterocycles. The van der Waals surface area contributed by atoms with E-state index in [1.54, 1.807) is 33.8 Å². The predicted molar refractivity (Wildman–Crippen MR) is 139 cm³/mol. The second-order valence-electron chi connectivity index (χ2n) is 10.2. The van der Waals surface area contributed by atoms with Crippen LogP contribution in [0.4, 0.5) is 56.0 Å². The summed E-state index contributed by atoms with van der Waals surface area (Å²) >= 11 is 0. The summed E-state index contributed by atoms with van der Waals surface area (Å²) in [6.07, 6.45) is -15.4. The third kappa shape index (κ3) is 6.73. The lowest BCUT2D eigenvalue weighted by atomic mass is 9.88. The van der Waals surface area contributed by atoms with Crippen molar-refractivity contribution in [1.29, 1.82) is 0 Å². The number of amides is 1. The van der Waals surface area contributed by atoms with E-state index in [0.717, 1.165) is 4.90 Å². The Morgan fingerprint density at radius 3 is 2.07 bits per heavy atom. The van der Waals surface area contributed by atoms with Gasteiger partial charge in [0.25, 0.3) is 6.01 Å². The first-order valence-electron chi connectivity index (χ1n) is 13.4. The molecule has 0 spiro atoms. The first-order chi connectivity index (χ1) is 20.3. The van der Waals surface area contributed by atoms with Crippen LogP contribution >= 0.6 is 0 Å². The maximum absolute atomic E-state index is 13.7. The van der Waals surface area contributed by atoms with Crippen LogP contribution < -0.4 is 9.80 Å². The van der Waals surface area contributed by atoms with Crippen molar-refractivity contribution in [2.45, 2.75) is 77.7 Å². The van der Waals surface area contributed by atoms with Crippen LogP contribution in [-0.2, 0) is 29.8 Å². The maximum Gasteiger partial charge on any atom is 0.436 e. The quantitative estimate of drug-likeness (QED) is 0.252. The van der Waals surface area contributed by atoms with Crippen LogP contribution in [0.15, 0.2) is 34.9 Å². The molecule has 44 heavy (non-hydrogen) atoms. The zero-order valence-corrected chi connectivity index (χ0v) is 23.8. The fraction of sp³-hybridized carbons (Fsp3) is 0.464. The van der Waals surface area contributed by atoms with Gasteiger partial charge >= 0.3 is 24.6 Å². The van der Waals surface area contributed by atoms with Crippen molar-refractivity contribution in [3.63, 3.8) is 0 Å². The van der Waals surface area contributed by atoms with E-state index in [1.807, 2.05) is 0 Å². The first kappa shape index (κ1) is 32.9. The molecule has 1 amide bonds. The average molecular weight is 639 g/mol. The SMILES string of the molecule is CCOC(=O)N1c2c(cc(C)nc2C)C(N(Cc2cc(C(F)(F)F)cc(C(F)(F)F)c2)c2nc(C(F)(F)F)co2)CC1CC. The summed E-state index contributed by atoms with van der Waals surface area (Å²) in [6, 6.07) is 0.116. The Bertz CT molecular complexity index is 1480. The molecule has 0 saturated carbocycles. The number of hydrogen-bond acceptors (Lipinski definition) is 6. The van der Waals surface area contributed by atoms with Gasteiger partial charge in [-0.2, -0.15) is 44.5 Å². The first-order valence-corrected chi connectivity index (χ1v) is 13.4. The molecule has 0 saturated heterocycles. The molecule has 240 valence electrons. The number of anilines is 2. The number of halogens is 9. The predicted octanol–water partition coefficient (Wildman–Crippen LogP) is 8.64. The van der Waals surface area contributed by atoms with Gasteiger partial charge in [-0.3, -0.25) is 9.88 Å². The Morgan fingerprint density at radius 2 is 1.57 bits per heavy atom. The topological polar surface area (TPSA) is 71.7 Å². The number of rotatable bonds is 6. The molecule has 3 aromatic rings. The van der Waals surface area contributed by atoms with E-state index in [0.29, 0.717) is 41.8 Å². The number of alkyl halides is 9. The summed E-state index contributed by atoms with van der Waals surface area (Å²) < 4.78 is 133. The molecule has 2 atom stereocenters. The fourth-order valence-corrected chi connectivity index (χ4v) is 5.31. The Hall–Kier alpha value is -3.98. The van der Waals surface area contributed by atoms with Crippen molar-refractivity contribution in [1.82, 2.24) is 9.97 Å². The zero-order chi connectivity index (χ0) is 32.8. The Labute approximate surface area is 245 Å². The number of pyridine rings is 1. The normalized spacial score (nSPS) is 17.4. The van der Waals surface area contributed by atoms with Gasteiger partial charge in [0.05, 0.1) is 35.2 Å². The lowest BCUT2D eigenvalue weighted by Gasteiger charge is -2.44. The monoisotopic (exact) mass is 638 g/mol. The van der Waals surface area contributed by atoms with Crippen molar-refractivity contribution in [3.05, 3.63) is 69.9 Å². The fourth-order valence-electron chi connectivity index (χ4n) is 5.31. The van der Waals surface area contributed by atoms with Gasteiger partial charge in [-0.25, -0.2) is 4.79 Å². The smallest absolute Gasteiger partial charge is 0.436 e. The van der Waals surface area contributed by atoms with Crippen molar-refractivity contribution < 1.29 is 53.5 Å². The molecule has 0 aliphatic carbocycles. The number of nitrogens with zero attached hydrogens (tertiary/aromatic N) is 4. The van der Waals surface area contributed by atoms with Gasteiger partial charge in [-0.1, -0.05) is 6.92 Å². The molecular weight excluding hydrogens is 611 g/mol. The van der Waals surface area contributed by atoms with Crippen molar-refractivity contribution in [2.24, 2.45) is 0 Å². The van der Waals surface area contributed by atoms with E-state index < -0.39 is 71.6 Å². The third-order valence-corrected chi connectivity index (χ3v) is 7.13. The summed E-state index contributed by atoms with van der Waals surface area (Å²) in [5.74, 6) is 0. The van der Waals surface area contributed by atoms with Gasteiger partial charge in [0.15, 0.2) is 5.69 Å². The van der Waals surface area contributed by atoms with Crippen molar-refractivity contribution in [2.75, 3.05) is 16.4 Å². The molecule has 16 heteroatoms. The standard InChI is InChI=1S/C28H27F9N4O3/c1-5-19-11-21(20-7-14(3)38-15(4)23(20)41(19)25(42)43-6-2)40(24-39-22(13-44-24)28(35,36)37)12-16-8-17(26(29,30)31)10-18(9-16)27(32,33)34/h7-10,13,19,21H,5-6,11-12H2,1-4H3. The van der Waals surface area contributed by atoms with Gasteiger partial charge in [-0.05, 0) is 63.4 Å². The number of hydrogen-bond donors (Lipinski definition) is 0. The number of ether oxygens (including phenoxy) is 1. The molecule has 0 bridgehead atoms. The maximum atomic E-state index is 13.7. The number of aryl methyl sites for hydroxylation is 2. The lowest BCUT2D eigenvalue weighted by molar-refractivity contribution is -0.143. The van der Waals surface area contributed by atoms with Gasteiger partial charge in [-0.15, -0.1) is 0 Å². The minimum absolute atomic E-state index is 0.0139. The van der Waals surface area contributed by atoms with Gasteiger partial charge < -0.3 is 14.1 Å². The number of fused-ring (bicyclic) bond motifs is 1. The highest BCUT2D eigenvalue weighted by atomic mass is 19.4. The molecule has 4 rings (SSSR count). The van der Waals surface area contributed by atoms with Crippen molar-refractivity contribution in [3.8, 4) is 0 Å². The van der Waals surface area contributed by atoms with E-state index in [2.05, 4.69) is 9.97 Å². The lowest BCUT2D eigenvalue weighted by Crippen LogP contribution is -2.48. The molecule has 7 nitrogen and oxygen atoms in total. The highest BCUT2D eigenvalue weighted by molar-refractivity contribution is 5.91. The number of aromatic nitrogens is 2. The van der Waals surface area contributed by atoms with Crippen LogP contribution in [0.1, 0.15) is 72.1 Å². The van der Waals surface area contributed by atoms with Crippen LogP contribution in [0.2, 0.25) is 0 Å². The Kier molecular flexibility index (Phi) is 8.86. The molecule has 3 heterocycles. The van der Waals surface area contributed by atoms with Gasteiger partial charge in [0.1, 0.15) is 6.26 Å². The van der Waals surface area contributed by atoms with Crippen LogP contribution in [0.25, 0.3) is 0 Å². The second-order valence-corrected chi connectivity index (χ2v) is 10.2. The molecule has 1 aliphatic heterocycles. The molecule has 0 N–H and O–H groups in total. The van der Waals surface area contributed by atoms with E-state index in [9.17, 15) is 44.3 Å². The van der Waals surface area contributed by atoms with Crippen LogP contribution in [-0.4, -0.2) is 28.7 Å². The molecule has 1 aliphatic rings. The largest absolute Gasteiger partial charge is 0.449 e. The number of carbonyl (C=O) groups is 1. The number of oxazole rings is 1. The minimum atomic E-state index is -5.15. The van der Waals surface area contributed by atoms with E-state index in [1.165, 1.54) is 4.90 Å². The average Bonchev–Trinajstić information content (AvgIpc) is 3.41. The summed E-state index contributed by atoms with van der Waals surface area (Å²) in [5, 5.41) is 0. The Balaban J connectivity index is 1.95. The minimum Gasteiger partial charge on any atom is -0.449 e. The summed E-state index contributed by atoms with van der Waals surface area (Å²) in [4.78, 5) is 23.4. The second kappa shape index (κ2) is 11.8. The van der Waals surface area contributed by atoms with E-state index in [4.69, 9.17) is 9.15 Å². The highest BCUT2D eigenvalue weighted by Gasteiger charge is 2.43. The summed E-state index contributed by atoms with van der Waals surface area (Å²) in [6.45, 7) is 5.81. The third-order valence-electron chi connectivity index (χ3n) is 7.13. The number of carbonyl (C=O) groups excluding carboxylic acids is 1. The molecular formula is C28H27F9N4O3. The Morgan fingerprint density at radius 1 is 0.955 bits per heavy atom. The highest BCUT2D eigenvalue weighted by Crippen LogP contribution is 2.46. The zero-order valence-electron chi connectivity index (χ0n) is 23.8.